The Morgan fingerprint density at radius 3 is 2.15 bits per heavy atom. The third-order valence-electron chi connectivity index (χ3n) is 3.67. The Labute approximate surface area is 120 Å². The fraction of sp³-hybridized carbons (Fsp3) is 0.800. The van der Waals surface area contributed by atoms with E-state index >= 15 is 0 Å². The van der Waals surface area contributed by atoms with Gasteiger partial charge in [0.2, 0.25) is 6.29 Å². The van der Waals surface area contributed by atoms with E-state index < -0.39 is 18.4 Å². The van der Waals surface area contributed by atoms with Crippen LogP contribution in [0.15, 0.2) is 11.1 Å². The lowest BCUT2D eigenvalue weighted by Gasteiger charge is -2.10. The van der Waals surface area contributed by atoms with Crippen LogP contribution in [0.25, 0.3) is 0 Å². The molecule has 116 valence electrons. The third kappa shape index (κ3) is 5.23. The van der Waals surface area contributed by atoms with E-state index in [1.54, 1.807) is 13.8 Å². The zero-order chi connectivity index (χ0) is 15.1. The summed E-state index contributed by atoms with van der Waals surface area (Å²) < 4.78 is 4.65. The Bertz CT molecular complexity index is 348. The van der Waals surface area contributed by atoms with E-state index in [0.29, 0.717) is 12.0 Å². The van der Waals surface area contributed by atoms with Crippen molar-refractivity contribution < 1.29 is 24.9 Å². The minimum absolute atomic E-state index is 0.214. The number of carbonyl (C=O) groups is 1. The van der Waals surface area contributed by atoms with Crippen LogP contribution < -0.4 is 0 Å². The molecule has 0 aromatic rings. The molecule has 0 aromatic heterocycles. The van der Waals surface area contributed by atoms with Gasteiger partial charge in [0.25, 0.3) is 0 Å². The van der Waals surface area contributed by atoms with Crippen LogP contribution in [-0.4, -0.2) is 39.8 Å². The summed E-state index contributed by atoms with van der Waals surface area (Å²) in [6.07, 6.45) is 4.02. The van der Waals surface area contributed by atoms with Crippen LogP contribution in [0.1, 0.15) is 58.8 Å². The molecule has 3 atom stereocenters. The second-order valence-electron chi connectivity index (χ2n) is 5.56. The molecule has 5 nitrogen and oxygen atoms in total. The summed E-state index contributed by atoms with van der Waals surface area (Å²) in [5.41, 5.74) is 0.631. The third-order valence-corrected chi connectivity index (χ3v) is 3.67. The summed E-state index contributed by atoms with van der Waals surface area (Å²) in [6.45, 7) is 3.39. The SMILES string of the molecule is CC1=C([C@H](O)CCCCCCC[C@@H](C)O)C(=O)O[C@H]1O. The van der Waals surface area contributed by atoms with Crippen molar-refractivity contribution in [3.63, 3.8) is 0 Å². The maximum absolute atomic E-state index is 11.5. The Hall–Kier alpha value is -0.910. The average Bonchev–Trinajstić information content (AvgIpc) is 2.61. The quantitative estimate of drug-likeness (QED) is 0.443. The fourth-order valence-corrected chi connectivity index (χ4v) is 2.40. The van der Waals surface area contributed by atoms with Crippen LogP contribution in [0.2, 0.25) is 0 Å². The topological polar surface area (TPSA) is 87.0 Å². The van der Waals surface area contributed by atoms with Gasteiger partial charge in [-0.15, -0.1) is 0 Å². The molecule has 1 rings (SSSR count). The maximum atomic E-state index is 11.5. The molecule has 0 fully saturated rings. The van der Waals surface area contributed by atoms with Gasteiger partial charge in [-0.3, -0.25) is 0 Å². The predicted molar refractivity (Wildman–Crippen MR) is 74.8 cm³/mol. The smallest absolute Gasteiger partial charge is 0.339 e. The first-order valence-electron chi connectivity index (χ1n) is 7.39. The molecule has 1 aliphatic heterocycles. The van der Waals surface area contributed by atoms with Crippen LogP contribution >= 0.6 is 0 Å². The van der Waals surface area contributed by atoms with Gasteiger partial charge in [0, 0.05) is 5.57 Å². The van der Waals surface area contributed by atoms with Gasteiger partial charge in [0.05, 0.1) is 17.8 Å². The molecule has 0 saturated heterocycles. The maximum Gasteiger partial charge on any atom is 0.339 e. The van der Waals surface area contributed by atoms with Gasteiger partial charge in [-0.1, -0.05) is 32.1 Å². The van der Waals surface area contributed by atoms with Crippen molar-refractivity contribution in [2.24, 2.45) is 0 Å². The highest BCUT2D eigenvalue weighted by molar-refractivity contribution is 5.92. The number of carbonyl (C=O) groups excluding carboxylic acids is 1. The van der Waals surface area contributed by atoms with Crippen molar-refractivity contribution >= 4 is 5.97 Å². The minimum atomic E-state index is -1.20. The van der Waals surface area contributed by atoms with Crippen LogP contribution in [0, 0.1) is 0 Å². The summed E-state index contributed by atoms with van der Waals surface area (Å²) in [4.78, 5) is 11.5. The van der Waals surface area contributed by atoms with Gasteiger partial charge in [0.1, 0.15) is 0 Å². The zero-order valence-electron chi connectivity index (χ0n) is 12.3. The van der Waals surface area contributed by atoms with Crippen LogP contribution in [-0.2, 0) is 9.53 Å². The van der Waals surface area contributed by atoms with E-state index in [1.165, 1.54) is 0 Å². The molecule has 0 radical (unpaired) electrons. The molecule has 5 heteroatoms. The number of rotatable bonds is 9. The fourth-order valence-electron chi connectivity index (χ4n) is 2.40. The number of hydrogen-bond donors (Lipinski definition) is 3. The van der Waals surface area contributed by atoms with Crippen molar-refractivity contribution in [3.8, 4) is 0 Å². The van der Waals surface area contributed by atoms with Gasteiger partial charge in [0.15, 0.2) is 0 Å². The van der Waals surface area contributed by atoms with Crippen LogP contribution in [0.5, 0.6) is 0 Å². The van der Waals surface area contributed by atoms with Crippen molar-refractivity contribution in [1.82, 2.24) is 0 Å². The van der Waals surface area contributed by atoms with Crippen LogP contribution in [0.3, 0.4) is 0 Å². The van der Waals surface area contributed by atoms with E-state index in [0.717, 1.165) is 38.5 Å². The lowest BCUT2D eigenvalue weighted by Crippen LogP contribution is -2.16. The summed E-state index contributed by atoms with van der Waals surface area (Å²) in [5, 5.41) is 28.5. The van der Waals surface area contributed by atoms with Crippen molar-refractivity contribution in [2.75, 3.05) is 0 Å². The van der Waals surface area contributed by atoms with Gasteiger partial charge >= 0.3 is 5.97 Å². The Morgan fingerprint density at radius 2 is 1.65 bits per heavy atom. The van der Waals surface area contributed by atoms with E-state index in [9.17, 15) is 15.0 Å². The Balaban J connectivity index is 2.18. The summed E-state index contributed by atoms with van der Waals surface area (Å²) >= 11 is 0. The number of hydrogen-bond acceptors (Lipinski definition) is 5. The van der Waals surface area contributed by atoms with Gasteiger partial charge in [-0.2, -0.15) is 0 Å². The Kier molecular flexibility index (Phi) is 7.19. The highest BCUT2D eigenvalue weighted by atomic mass is 16.6. The van der Waals surface area contributed by atoms with Crippen molar-refractivity contribution in [2.45, 2.75) is 77.3 Å². The normalized spacial score (nSPS) is 22.1. The molecular formula is C15H26O5. The minimum Gasteiger partial charge on any atom is -0.428 e. The molecule has 0 bridgehead atoms. The predicted octanol–water partition coefficient (Wildman–Crippen LogP) is 1.65. The Morgan fingerprint density at radius 1 is 1.10 bits per heavy atom. The molecule has 1 aliphatic rings. The van der Waals surface area contributed by atoms with Gasteiger partial charge in [-0.25, -0.2) is 4.79 Å². The van der Waals surface area contributed by atoms with Gasteiger partial charge < -0.3 is 20.1 Å². The highest BCUT2D eigenvalue weighted by Gasteiger charge is 2.33. The second-order valence-corrected chi connectivity index (χ2v) is 5.56. The van der Waals surface area contributed by atoms with Gasteiger partial charge in [-0.05, 0) is 26.7 Å². The summed E-state index contributed by atoms with van der Waals surface area (Å²) in [7, 11) is 0. The second kappa shape index (κ2) is 8.39. The standard InChI is InChI=1S/C15H26O5/c1-10(16)8-6-4-3-5-7-9-12(17)13-11(2)14(18)20-15(13)19/h10,12,14,16-18H,3-9H2,1-2H3/t10-,12-,14-/m1/s1. The molecule has 0 spiro atoms. The van der Waals surface area contributed by atoms with E-state index in [1.807, 2.05) is 0 Å². The molecule has 20 heavy (non-hydrogen) atoms. The molecule has 0 saturated carbocycles. The average molecular weight is 286 g/mol. The molecule has 0 aromatic carbocycles. The first kappa shape index (κ1) is 17.1. The summed E-state index contributed by atoms with van der Waals surface area (Å²) in [6, 6.07) is 0. The molecule has 0 unspecified atom stereocenters. The van der Waals surface area contributed by atoms with E-state index in [4.69, 9.17) is 5.11 Å². The number of ether oxygens (including phenoxy) is 1. The summed E-state index contributed by atoms with van der Waals surface area (Å²) in [5.74, 6) is -0.612. The lowest BCUT2D eigenvalue weighted by molar-refractivity contribution is -0.152. The molecule has 1 heterocycles. The molecule has 0 amide bonds. The number of aliphatic hydroxyl groups excluding tert-OH is 3. The molecule has 0 aliphatic carbocycles. The number of aliphatic hydroxyl groups is 3. The largest absolute Gasteiger partial charge is 0.428 e. The van der Waals surface area contributed by atoms with Crippen LogP contribution in [0.4, 0.5) is 0 Å². The first-order chi connectivity index (χ1) is 9.43. The van der Waals surface area contributed by atoms with E-state index in [-0.39, 0.29) is 11.7 Å². The highest BCUT2D eigenvalue weighted by Crippen LogP contribution is 2.25. The zero-order valence-corrected chi connectivity index (χ0v) is 12.3. The van der Waals surface area contributed by atoms with Crippen molar-refractivity contribution in [1.29, 1.82) is 0 Å². The van der Waals surface area contributed by atoms with Crippen molar-refractivity contribution in [3.05, 3.63) is 11.1 Å². The first-order valence-corrected chi connectivity index (χ1v) is 7.39. The van der Waals surface area contributed by atoms with E-state index in [2.05, 4.69) is 4.74 Å². The number of unbranched alkanes of at least 4 members (excludes halogenated alkanes) is 4. The number of esters is 1. The molecular weight excluding hydrogens is 260 g/mol. The number of cyclic esters (lactones) is 1. The molecule has 3 N–H and O–H groups in total. The lowest BCUT2D eigenvalue weighted by atomic mass is 9.99. The monoisotopic (exact) mass is 286 g/mol.